The minimum absolute atomic E-state index is 0.144. The van der Waals surface area contributed by atoms with Crippen LogP contribution >= 0.6 is 0 Å². The van der Waals surface area contributed by atoms with Crippen molar-refractivity contribution in [3.05, 3.63) is 35.1 Å². The Kier molecular flexibility index (Phi) is 3.79. The van der Waals surface area contributed by atoms with Crippen molar-refractivity contribution in [2.45, 2.75) is 51.6 Å². The number of aliphatic hydroxyl groups is 1. The van der Waals surface area contributed by atoms with E-state index in [-0.39, 0.29) is 18.1 Å². The Bertz CT molecular complexity index is 512. The molecule has 0 unspecified atom stereocenters. The maximum absolute atomic E-state index is 10.8. The lowest BCUT2D eigenvalue weighted by Gasteiger charge is -2.29. The van der Waals surface area contributed by atoms with Crippen LogP contribution < -0.4 is 0 Å². The maximum atomic E-state index is 10.8. The van der Waals surface area contributed by atoms with Gasteiger partial charge in [0.05, 0.1) is 26.9 Å². The van der Waals surface area contributed by atoms with E-state index in [4.69, 9.17) is 4.74 Å². The molecule has 1 saturated carbocycles. The Morgan fingerprint density at radius 3 is 2.71 bits per heavy atom. The van der Waals surface area contributed by atoms with Crippen LogP contribution in [0.25, 0.3) is 0 Å². The number of hydrogen-bond donors (Lipinski definition) is 1. The molecule has 0 spiro atoms. The van der Waals surface area contributed by atoms with Crippen LogP contribution in [-0.2, 0) is 4.74 Å². The molecule has 0 amide bonds. The molecule has 1 saturated heterocycles. The fourth-order valence-corrected chi connectivity index (χ4v) is 5.85. The maximum Gasteiger partial charge on any atom is 0.0741 e. The third kappa shape index (κ3) is 2.71. The first-order valence-electron chi connectivity index (χ1n) is 8.13. The molecule has 0 bridgehead atoms. The SMILES string of the molecule is C=C1C[C@@H](O)[C@H]2/C(=C/[Si](C)(C)C)CO[C@@H]2[C@H]2C(C)=CC[C@@H]12. The van der Waals surface area contributed by atoms with Crippen LogP contribution in [0.2, 0.25) is 19.6 Å². The standard InChI is InChI=1S/C18H28O2Si/c1-11-6-7-14-12(2)8-15(19)17-13(10-21(3,4)5)9-20-18(17)16(11)14/h6,10,14-19H,2,7-9H2,1,3-5H3/b13-10+/t14-,15+,16-,17+,18+/m0/s1. The highest BCUT2D eigenvalue weighted by Crippen LogP contribution is 2.50. The molecular weight excluding hydrogens is 276 g/mol. The molecule has 2 nitrogen and oxygen atoms in total. The van der Waals surface area contributed by atoms with Gasteiger partial charge in [-0.15, -0.1) is 0 Å². The van der Waals surface area contributed by atoms with Crippen LogP contribution in [0.15, 0.2) is 35.1 Å². The van der Waals surface area contributed by atoms with Crippen molar-refractivity contribution >= 4 is 8.07 Å². The lowest BCUT2D eigenvalue weighted by atomic mass is 9.80. The van der Waals surface area contributed by atoms with Crippen molar-refractivity contribution in [1.82, 2.24) is 0 Å². The van der Waals surface area contributed by atoms with Gasteiger partial charge in [-0.2, -0.15) is 0 Å². The topological polar surface area (TPSA) is 29.5 Å². The van der Waals surface area contributed by atoms with E-state index in [0.717, 1.165) is 12.8 Å². The molecule has 3 aliphatic rings. The summed E-state index contributed by atoms with van der Waals surface area (Å²) in [6, 6.07) is 0. The monoisotopic (exact) mass is 304 g/mol. The Morgan fingerprint density at radius 1 is 1.33 bits per heavy atom. The number of hydrogen-bond acceptors (Lipinski definition) is 2. The molecule has 0 radical (unpaired) electrons. The van der Waals surface area contributed by atoms with Crippen LogP contribution in [0.4, 0.5) is 0 Å². The van der Waals surface area contributed by atoms with E-state index in [1.807, 2.05) is 0 Å². The minimum Gasteiger partial charge on any atom is -0.392 e. The highest BCUT2D eigenvalue weighted by Gasteiger charge is 2.49. The fraction of sp³-hybridized carbons (Fsp3) is 0.667. The predicted octanol–water partition coefficient (Wildman–Crippen LogP) is 3.71. The van der Waals surface area contributed by atoms with E-state index < -0.39 is 8.07 Å². The molecule has 2 aliphatic carbocycles. The Morgan fingerprint density at radius 2 is 2.05 bits per heavy atom. The van der Waals surface area contributed by atoms with Crippen LogP contribution in [0.3, 0.4) is 0 Å². The molecule has 1 heterocycles. The normalized spacial score (nSPS) is 41.8. The summed E-state index contributed by atoms with van der Waals surface area (Å²) < 4.78 is 6.21. The third-order valence-corrected chi connectivity index (χ3v) is 6.50. The number of aliphatic hydroxyl groups excluding tert-OH is 1. The zero-order valence-corrected chi connectivity index (χ0v) is 14.7. The van der Waals surface area contributed by atoms with Crippen molar-refractivity contribution in [3.8, 4) is 0 Å². The summed E-state index contributed by atoms with van der Waals surface area (Å²) in [5, 5.41) is 10.8. The molecule has 0 aromatic heterocycles. The van der Waals surface area contributed by atoms with Gasteiger partial charge in [-0.25, -0.2) is 0 Å². The Labute approximate surface area is 129 Å². The Balaban J connectivity index is 1.98. The summed E-state index contributed by atoms with van der Waals surface area (Å²) in [5.41, 5.74) is 6.43. The second-order valence-electron chi connectivity index (χ2n) is 8.13. The largest absolute Gasteiger partial charge is 0.392 e. The highest BCUT2D eigenvalue weighted by molar-refractivity contribution is 6.81. The number of rotatable bonds is 1. The first kappa shape index (κ1) is 15.3. The van der Waals surface area contributed by atoms with Gasteiger partial charge in [0.15, 0.2) is 0 Å². The summed E-state index contributed by atoms with van der Waals surface area (Å²) in [6.07, 6.45) is 3.97. The van der Waals surface area contributed by atoms with Gasteiger partial charge >= 0.3 is 0 Å². The quantitative estimate of drug-likeness (QED) is 0.591. The van der Waals surface area contributed by atoms with Gasteiger partial charge in [0.25, 0.3) is 0 Å². The zero-order valence-electron chi connectivity index (χ0n) is 13.7. The molecular formula is C18H28O2Si. The summed E-state index contributed by atoms with van der Waals surface area (Å²) in [6.45, 7) is 14.2. The van der Waals surface area contributed by atoms with Gasteiger partial charge in [-0.1, -0.05) is 49.1 Å². The second kappa shape index (κ2) is 5.22. The van der Waals surface area contributed by atoms with Gasteiger partial charge in [-0.05, 0) is 31.3 Å². The third-order valence-electron chi connectivity index (χ3n) is 5.26. The smallest absolute Gasteiger partial charge is 0.0741 e. The van der Waals surface area contributed by atoms with Crippen LogP contribution in [0.1, 0.15) is 19.8 Å². The molecule has 5 atom stereocenters. The van der Waals surface area contributed by atoms with Crippen molar-refractivity contribution in [1.29, 1.82) is 0 Å². The van der Waals surface area contributed by atoms with Crippen LogP contribution in [0, 0.1) is 17.8 Å². The molecule has 3 heteroatoms. The molecule has 0 aromatic rings. The van der Waals surface area contributed by atoms with Gasteiger partial charge in [-0.3, -0.25) is 0 Å². The molecule has 0 aromatic carbocycles. The van der Waals surface area contributed by atoms with Gasteiger partial charge < -0.3 is 9.84 Å². The van der Waals surface area contributed by atoms with Crippen molar-refractivity contribution in [3.63, 3.8) is 0 Å². The van der Waals surface area contributed by atoms with Crippen LogP contribution in [-0.4, -0.2) is 32.0 Å². The number of ether oxygens (including phenoxy) is 1. The van der Waals surface area contributed by atoms with E-state index in [9.17, 15) is 5.11 Å². The zero-order chi connectivity index (χ0) is 15.4. The number of allylic oxidation sites excluding steroid dienone is 1. The molecule has 3 rings (SSSR count). The Hall–Kier alpha value is -0.643. The summed E-state index contributed by atoms with van der Waals surface area (Å²) in [5.74, 6) is 1.07. The summed E-state index contributed by atoms with van der Waals surface area (Å²) >= 11 is 0. The average Bonchev–Trinajstić information content (AvgIpc) is 2.87. The summed E-state index contributed by atoms with van der Waals surface area (Å²) in [7, 11) is -1.30. The first-order valence-corrected chi connectivity index (χ1v) is 11.7. The second-order valence-corrected chi connectivity index (χ2v) is 13.2. The van der Waals surface area contributed by atoms with Crippen molar-refractivity contribution < 1.29 is 9.84 Å². The average molecular weight is 305 g/mol. The van der Waals surface area contributed by atoms with E-state index in [2.05, 4.69) is 44.9 Å². The van der Waals surface area contributed by atoms with E-state index in [1.54, 1.807) is 0 Å². The lowest BCUT2D eigenvalue weighted by molar-refractivity contribution is 0.0140. The molecule has 21 heavy (non-hydrogen) atoms. The molecule has 116 valence electrons. The highest BCUT2D eigenvalue weighted by atomic mass is 28.3. The summed E-state index contributed by atoms with van der Waals surface area (Å²) in [4.78, 5) is 0. The fourth-order valence-electron chi connectivity index (χ4n) is 4.46. The number of fused-ring (bicyclic) bond motifs is 3. The van der Waals surface area contributed by atoms with Gasteiger partial charge in [0.2, 0.25) is 0 Å². The van der Waals surface area contributed by atoms with Gasteiger partial charge in [0, 0.05) is 11.8 Å². The van der Waals surface area contributed by atoms with Crippen molar-refractivity contribution in [2.24, 2.45) is 17.8 Å². The van der Waals surface area contributed by atoms with Gasteiger partial charge in [0.1, 0.15) is 0 Å². The van der Waals surface area contributed by atoms with E-state index >= 15 is 0 Å². The van der Waals surface area contributed by atoms with E-state index in [0.29, 0.717) is 18.4 Å². The van der Waals surface area contributed by atoms with E-state index in [1.165, 1.54) is 16.7 Å². The van der Waals surface area contributed by atoms with Crippen molar-refractivity contribution in [2.75, 3.05) is 6.61 Å². The minimum atomic E-state index is -1.30. The lowest BCUT2D eigenvalue weighted by Crippen LogP contribution is -2.34. The molecule has 1 aliphatic heterocycles. The molecule has 2 fully saturated rings. The first-order chi connectivity index (χ1) is 9.78. The predicted molar refractivity (Wildman–Crippen MR) is 89.8 cm³/mol. The van der Waals surface area contributed by atoms with Crippen LogP contribution in [0.5, 0.6) is 0 Å². The molecule has 1 N–H and O–H groups in total.